The molecule has 0 saturated carbocycles. The van der Waals surface area contributed by atoms with Gasteiger partial charge in [-0.05, 0) is 23.6 Å². The summed E-state index contributed by atoms with van der Waals surface area (Å²) in [5.74, 6) is -1.55. The Morgan fingerprint density at radius 3 is 2.38 bits per heavy atom. The molecule has 0 aliphatic carbocycles. The zero-order valence-corrected chi connectivity index (χ0v) is 12.5. The van der Waals surface area contributed by atoms with Crippen LogP contribution in [0.1, 0.15) is 25.8 Å². The van der Waals surface area contributed by atoms with Crippen LogP contribution in [0.3, 0.4) is 0 Å². The molecule has 1 aromatic carbocycles. The predicted molar refractivity (Wildman–Crippen MR) is 77.3 cm³/mol. The topological polar surface area (TPSA) is 69.6 Å². The smallest absolute Gasteiger partial charge is 0.326 e. The van der Waals surface area contributed by atoms with E-state index >= 15 is 0 Å². The highest BCUT2D eigenvalue weighted by Crippen LogP contribution is 2.10. The van der Waals surface area contributed by atoms with Crippen molar-refractivity contribution < 1.29 is 19.1 Å². The summed E-state index contributed by atoms with van der Waals surface area (Å²) in [6.45, 7) is 3.92. The fourth-order valence-corrected chi connectivity index (χ4v) is 1.86. The first-order valence-electron chi connectivity index (χ1n) is 6.84. The number of carboxylic acid groups (broad SMARTS) is 1. The molecule has 0 radical (unpaired) electrons. The Hall–Kier alpha value is -2.11. The second kappa shape index (κ2) is 7.61. The fourth-order valence-electron chi connectivity index (χ4n) is 1.86. The molecule has 1 aromatic rings. The van der Waals surface area contributed by atoms with Crippen LogP contribution in [0.25, 0.3) is 0 Å². The van der Waals surface area contributed by atoms with E-state index in [9.17, 15) is 14.0 Å². The van der Waals surface area contributed by atoms with Gasteiger partial charge >= 0.3 is 12.0 Å². The summed E-state index contributed by atoms with van der Waals surface area (Å²) in [5, 5.41) is 11.7. The molecule has 0 fully saturated rings. The van der Waals surface area contributed by atoms with Gasteiger partial charge in [0.1, 0.15) is 11.9 Å². The van der Waals surface area contributed by atoms with Crippen molar-refractivity contribution in [3.63, 3.8) is 0 Å². The number of hydrogen-bond donors (Lipinski definition) is 2. The number of nitrogens with one attached hydrogen (secondary N) is 1. The van der Waals surface area contributed by atoms with Crippen molar-refractivity contribution in [2.24, 2.45) is 5.92 Å². The summed E-state index contributed by atoms with van der Waals surface area (Å²) in [7, 11) is 1.56. The molecule has 2 atom stereocenters. The number of amides is 2. The van der Waals surface area contributed by atoms with Gasteiger partial charge < -0.3 is 15.3 Å². The van der Waals surface area contributed by atoms with Crippen LogP contribution >= 0.6 is 0 Å². The predicted octanol–water partition coefficient (Wildman–Crippen LogP) is 2.47. The van der Waals surface area contributed by atoms with Crippen LogP contribution in [0.2, 0.25) is 0 Å². The molecule has 0 heterocycles. The van der Waals surface area contributed by atoms with E-state index in [0.717, 1.165) is 5.56 Å². The molecule has 0 bridgehead atoms. The molecular weight excluding hydrogens is 275 g/mol. The molecule has 5 nitrogen and oxygen atoms in total. The van der Waals surface area contributed by atoms with Crippen molar-refractivity contribution in [2.45, 2.75) is 32.9 Å². The third-order valence-corrected chi connectivity index (χ3v) is 3.44. The maximum Gasteiger partial charge on any atom is 0.326 e. The average Bonchev–Trinajstić information content (AvgIpc) is 2.45. The van der Waals surface area contributed by atoms with Crippen molar-refractivity contribution >= 4 is 12.0 Å². The number of aliphatic carboxylic acids is 1. The number of hydrogen-bond acceptors (Lipinski definition) is 2. The zero-order chi connectivity index (χ0) is 16.0. The Balaban J connectivity index is 2.64. The maximum absolute atomic E-state index is 12.8. The van der Waals surface area contributed by atoms with Gasteiger partial charge in [-0.1, -0.05) is 32.4 Å². The Labute approximate surface area is 123 Å². The van der Waals surface area contributed by atoms with Crippen LogP contribution in [-0.4, -0.2) is 35.1 Å². The van der Waals surface area contributed by atoms with Crippen LogP contribution in [-0.2, 0) is 11.3 Å². The van der Waals surface area contributed by atoms with Crippen molar-refractivity contribution in [1.82, 2.24) is 10.2 Å². The molecule has 1 unspecified atom stereocenters. The molecule has 0 aliphatic rings. The highest BCUT2D eigenvalue weighted by Gasteiger charge is 2.26. The second-order valence-corrected chi connectivity index (χ2v) is 5.13. The minimum absolute atomic E-state index is 0.161. The van der Waals surface area contributed by atoms with E-state index in [4.69, 9.17) is 5.11 Å². The number of rotatable bonds is 6. The molecule has 21 heavy (non-hydrogen) atoms. The molecule has 116 valence electrons. The molecule has 0 aromatic heterocycles. The molecule has 0 saturated heterocycles. The van der Waals surface area contributed by atoms with E-state index in [1.165, 1.54) is 17.0 Å². The van der Waals surface area contributed by atoms with Gasteiger partial charge in [0, 0.05) is 13.6 Å². The Bertz CT molecular complexity index is 490. The van der Waals surface area contributed by atoms with Crippen LogP contribution < -0.4 is 5.32 Å². The highest BCUT2D eigenvalue weighted by molar-refractivity contribution is 5.82. The number of urea groups is 1. The van der Waals surface area contributed by atoms with E-state index in [-0.39, 0.29) is 18.3 Å². The summed E-state index contributed by atoms with van der Waals surface area (Å²) in [5.41, 5.74) is 0.768. The zero-order valence-electron chi connectivity index (χ0n) is 12.5. The summed E-state index contributed by atoms with van der Waals surface area (Å²) in [6, 6.07) is 4.43. The van der Waals surface area contributed by atoms with Gasteiger partial charge in [-0.25, -0.2) is 14.0 Å². The van der Waals surface area contributed by atoms with Crippen molar-refractivity contribution in [3.05, 3.63) is 35.6 Å². The van der Waals surface area contributed by atoms with Crippen LogP contribution in [0, 0.1) is 11.7 Å². The molecule has 6 heteroatoms. The van der Waals surface area contributed by atoms with E-state index in [2.05, 4.69) is 5.32 Å². The van der Waals surface area contributed by atoms with Gasteiger partial charge in [-0.15, -0.1) is 0 Å². The van der Waals surface area contributed by atoms with E-state index in [0.29, 0.717) is 6.42 Å². The first-order valence-corrected chi connectivity index (χ1v) is 6.84. The minimum Gasteiger partial charge on any atom is -0.480 e. The lowest BCUT2D eigenvalue weighted by atomic mass is 9.99. The average molecular weight is 296 g/mol. The Kier molecular flexibility index (Phi) is 6.14. The largest absolute Gasteiger partial charge is 0.480 e. The van der Waals surface area contributed by atoms with Crippen LogP contribution in [0.15, 0.2) is 24.3 Å². The molecule has 1 rings (SSSR count). The highest BCUT2D eigenvalue weighted by atomic mass is 19.1. The van der Waals surface area contributed by atoms with E-state index in [1.807, 2.05) is 6.92 Å². The third kappa shape index (κ3) is 5.06. The molecule has 0 aliphatic heterocycles. The number of nitrogens with zero attached hydrogens (tertiary/aromatic N) is 1. The van der Waals surface area contributed by atoms with Gasteiger partial charge in [0.15, 0.2) is 0 Å². The number of carbonyl (C=O) groups excluding carboxylic acids is 1. The van der Waals surface area contributed by atoms with Crippen molar-refractivity contribution in [1.29, 1.82) is 0 Å². The molecule has 0 spiro atoms. The van der Waals surface area contributed by atoms with Gasteiger partial charge in [0.05, 0.1) is 0 Å². The van der Waals surface area contributed by atoms with Gasteiger partial charge in [0.2, 0.25) is 0 Å². The SMILES string of the molecule is CCC(C)[C@H](NC(=O)N(C)Cc1ccc(F)cc1)C(=O)O. The normalized spacial score (nSPS) is 13.3. The lowest BCUT2D eigenvalue weighted by Gasteiger charge is -2.24. The number of halogens is 1. The van der Waals surface area contributed by atoms with Gasteiger partial charge in [-0.3, -0.25) is 0 Å². The summed E-state index contributed by atoms with van der Waals surface area (Å²) in [4.78, 5) is 24.6. The van der Waals surface area contributed by atoms with E-state index in [1.54, 1.807) is 26.1 Å². The molecule has 2 N–H and O–H groups in total. The fraction of sp³-hybridized carbons (Fsp3) is 0.467. The van der Waals surface area contributed by atoms with Gasteiger partial charge in [-0.2, -0.15) is 0 Å². The first kappa shape index (κ1) is 16.9. The number of carbonyl (C=O) groups is 2. The van der Waals surface area contributed by atoms with Crippen LogP contribution in [0.5, 0.6) is 0 Å². The lowest BCUT2D eigenvalue weighted by molar-refractivity contribution is -0.140. The first-order chi connectivity index (χ1) is 9.85. The number of carboxylic acids is 1. The quantitative estimate of drug-likeness (QED) is 0.847. The van der Waals surface area contributed by atoms with E-state index < -0.39 is 18.0 Å². The second-order valence-electron chi connectivity index (χ2n) is 5.13. The van der Waals surface area contributed by atoms with Gasteiger partial charge in [0.25, 0.3) is 0 Å². The standard InChI is InChI=1S/C15H21FN2O3/c1-4-10(2)13(14(19)20)17-15(21)18(3)9-11-5-7-12(16)8-6-11/h5-8,10,13H,4,9H2,1-3H3,(H,17,21)(H,19,20)/t10?,13-/m0/s1. The molecule has 2 amide bonds. The third-order valence-electron chi connectivity index (χ3n) is 3.44. The summed E-state index contributed by atoms with van der Waals surface area (Å²) in [6.07, 6.45) is 0.652. The molecular formula is C15H21FN2O3. The maximum atomic E-state index is 12.8. The Morgan fingerprint density at radius 2 is 1.90 bits per heavy atom. The summed E-state index contributed by atoms with van der Waals surface area (Å²) >= 11 is 0. The Morgan fingerprint density at radius 1 is 1.33 bits per heavy atom. The van der Waals surface area contributed by atoms with Crippen molar-refractivity contribution in [2.75, 3.05) is 7.05 Å². The van der Waals surface area contributed by atoms with Crippen LogP contribution in [0.4, 0.5) is 9.18 Å². The van der Waals surface area contributed by atoms with Crippen molar-refractivity contribution in [3.8, 4) is 0 Å². The monoisotopic (exact) mass is 296 g/mol. The summed E-state index contributed by atoms with van der Waals surface area (Å²) < 4.78 is 12.8. The number of benzene rings is 1. The minimum atomic E-state index is -1.05. The lowest BCUT2D eigenvalue weighted by Crippen LogP contribution is -2.49.